The van der Waals surface area contributed by atoms with Crippen molar-refractivity contribution in [3.05, 3.63) is 52.5 Å². The van der Waals surface area contributed by atoms with E-state index in [9.17, 15) is 14.3 Å². The molecule has 1 heterocycles. The number of hydrogen-bond donors (Lipinski definition) is 2. The number of carbonyl (C=O) groups excluding carboxylic acids is 1. The van der Waals surface area contributed by atoms with Crippen molar-refractivity contribution in [2.24, 2.45) is 0 Å². The molecule has 0 saturated carbocycles. The number of hydrogen-bond acceptors (Lipinski definition) is 4. The van der Waals surface area contributed by atoms with Crippen LogP contribution in [0.2, 0.25) is 0 Å². The van der Waals surface area contributed by atoms with Gasteiger partial charge in [-0.25, -0.2) is 4.39 Å². The van der Waals surface area contributed by atoms with Gasteiger partial charge in [0.1, 0.15) is 11.6 Å². The maximum Gasteiger partial charge on any atom is 0.220 e. The van der Waals surface area contributed by atoms with E-state index in [-0.39, 0.29) is 18.3 Å². The van der Waals surface area contributed by atoms with Gasteiger partial charge in [0.2, 0.25) is 5.91 Å². The SMILES string of the molecule is O=C(CCCOc1cccc(F)c1)NCC(O)c1ccsc1. The smallest absolute Gasteiger partial charge is 0.220 e. The van der Waals surface area contributed by atoms with Gasteiger partial charge in [0.25, 0.3) is 0 Å². The minimum Gasteiger partial charge on any atom is -0.493 e. The summed E-state index contributed by atoms with van der Waals surface area (Å²) < 4.78 is 18.3. The third kappa shape index (κ3) is 5.46. The van der Waals surface area contributed by atoms with Gasteiger partial charge in [0.05, 0.1) is 12.7 Å². The Balaban J connectivity index is 1.60. The topological polar surface area (TPSA) is 58.6 Å². The summed E-state index contributed by atoms with van der Waals surface area (Å²) >= 11 is 1.50. The van der Waals surface area contributed by atoms with E-state index in [0.717, 1.165) is 5.56 Å². The summed E-state index contributed by atoms with van der Waals surface area (Å²) in [6, 6.07) is 7.72. The number of aliphatic hydroxyl groups is 1. The predicted octanol–water partition coefficient (Wildman–Crippen LogP) is 2.90. The second kappa shape index (κ2) is 8.51. The van der Waals surface area contributed by atoms with E-state index in [1.807, 2.05) is 16.8 Å². The highest BCUT2D eigenvalue weighted by molar-refractivity contribution is 7.07. The van der Waals surface area contributed by atoms with Crippen LogP contribution in [0.3, 0.4) is 0 Å². The van der Waals surface area contributed by atoms with Crippen molar-refractivity contribution in [3.63, 3.8) is 0 Å². The van der Waals surface area contributed by atoms with Gasteiger partial charge in [0.15, 0.2) is 0 Å². The Labute approximate surface area is 132 Å². The predicted molar refractivity (Wildman–Crippen MR) is 83.4 cm³/mol. The summed E-state index contributed by atoms with van der Waals surface area (Å²) in [5.74, 6) is -0.0388. The molecule has 0 aliphatic heterocycles. The minimum atomic E-state index is -0.682. The molecule has 1 aromatic heterocycles. The molecular weight excluding hydrogens is 305 g/mol. The normalized spacial score (nSPS) is 11.9. The lowest BCUT2D eigenvalue weighted by molar-refractivity contribution is -0.121. The number of amides is 1. The fraction of sp³-hybridized carbons (Fsp3) is 0.312. The quantitative estimate of drug-likeness (QED) is 0.735. The van der Waals surface area contributed by atoms with E-state index >= 15 is 0 Å². The fourth-order valence-corrected chi connectivity index (χ4v) is 2.57. The number of rotatable bonds is 8. The Morgan fingerprint density at radius 1 is 1.41 bits per heavy atom. The summed E-state index contributed by atoms with van der Waals surface area (Å²) in [5, 5.41) is 16.2. The molecular formula is C16H18FNO3S. The third-order valence-corrected chi connectivity index (χ3v) is 3.73. The fourth-order valence-electron chi connectivity index (χ4n) is 1.86. The molecule has 1 unspecified atom stereocenters. The van der Waals surface area contributed by atoms with Gasteiger partial charge in [0, 0.05) is 19.0 Å². The summed E-state index contributed by atoms with van der Waals surface area (Å²) in [6.07, 6.45) is 0.140. The zero-order chi connectivity index (χ0) is 15.8. The summed E-state index contributed by atoms with van der Waals surface area (Å²) in [7, 11) is 0. The van der Waals surface area contributed by atoms with Gasteiger partial charge < -0.3 is 15.2 Å². The molecule has 0 aliphatic rings. The van der Waals surface area contributed by atoms with Crippen molar-refractivity contribution in [3.8, 4) is 5.75 Å². The Hall–Kier alpha value is -1.92. The lowest BCUT2D eigenvalue weighted by Crippen LogP contribution is -2.28. The highest BCUT2D eigenvalue weighted by atomic mass is 32.1. The van der Waals surface area contributed by atoms with Crippen LogP contribution >= 0.6 is 11.3 Å². The van der Waals surface area contributed by atoms with E-state index in [1.54, 1.807) is 12.1 Å². The Bertz CT molecular complexity index is 589. The maximum absolute atomic E-state index is 12.9. The highest BCUT2D eigenvalue weighted by Gasteiger charge is 2.09. The van der Waals surface area contributed by atoms with Crippen LogP contribution in [0.1, 0.15) is 24.5 Å². The maximum atomic E-state index is 12.9. The van der Waals surface area contributed by atoms with Crippen LogP contribution in [0.4, 0.5) is 4.39 Å². The first kappa shape index (κ1) is 16.5. The van der Waals surface area contributed by atoms with Gasteiger partial charge in [-0.3, -0.25) is 4.79 Å². The van der Waals surface area contributed by atoms with Crippen LogP contribution in [-0.4, -0.2) is 24.2 Å². The molecule has 0 spiro atoms. The lowest BCUT2D eigenvalue weighted by Gasteiger charge is -2.11. The number of benzene rings is 1. The molecule has 2 rings (SSSR count). The van der Waals surface area contributed by atoms with Crippen molar-refractivity contribution < 1.29 is 19.0 Å². The standard InChI is InChI=1S/C16H18FNO3S/c17-13-3-1-4-14(9-13)21-7-2-5-16(20)18-10-15(19)12-6-8-22-11-12/h1,3-4,6,8-9,11,15,19H,2,5,7,10H2,(H,18,20). The summed E-state index contributed by atoms with van der Waals surface area (Å²) in [5.41, 5.74) is 0.805. The van der Waals surface area contributed by atoms with Crippen LogP contribution in [0.15, 0.2) is 41.1 Å². The summed E-state index contributed by atoms with van der Waals surface area (Å²) in [6.45, 7) is 0.532. The first-order chi connectivity index (χ1) is 10.6. The molecule has 2 aromatic rings. The Morgan fingerprint density at radius 3 is 3.00 bits per heavy atom. The molecule has 4 nitrogen and oxygen atoms in total. The summed E-state index contributed by atoms with van der Waals surface area (Å²) in [4.78, 5) is 11.6. The average molecular weight is 323 g/mol. The number of ether oxygens (including phenoxy) is 1. The number of nitrogens with one attached hydrogen (secondary N) is 1. The largest absolute Gasteiger partial charge is 0.493 e. The molecule has 118 valence electrons. The minimum absolute atomic E-state index is 0.142. The van der Waals surface area contributed by atoms with E-state index in [2.05, 4.69) is 5.32 Å². The van der Waals surface area contributed by atoms with Crippen LogP contribution < -0.4 is 10.1 Å². The molecule has 0 fully saturated rings. The molecule has 6 heteroatoms. The molecule has 0 aliphatic carbocycles. The van der Waals surface area contributed by atoms with E-state index < -0.39 is 6.10 Å². The van der Waals surface area contributed by atoms with Crippen molar-refractivity contribution in [1.82, 2.24) is 5.32 Å². The van der Waals surface area contributed by atoms with E-state index in [0.29, 0.717) is 25.2 Å². The van der Waals surface area contributed by atoms with Gasteiger partial charge >= 0.3 is 0 Å². The van der Waals surface area contributed by atoms with Crippen LogP contribution in [0.5, 0.6) is 5.75 Å². The Morgan fingerprint density at radius 2 is 2.27 bits per heavy atom. The first-order valence-corrected chi connectivity index (χ1v) is 7.94. The molecule has 1 amide bonds. The van der Waals surface area contributed by atoms with Gasteiger partial charge in [-0.1, -0.05) is 6.07 Å². The molecule has 1 atom stereocenters. The lowest BCUT2D eigenvalue weighted by atomic mass is 10.2. The van der Waals surface area contributed by atoms with Crippen LogP contribution in [-0.2, 0) is 4.79 Å². The zero-order valence-electron chi connectivity index (χ0n) is 12.0. The molecule has 2 N–H and O–H groups in total. The zero-order valence-corrected chi connectivity index (χ0v) is 12.8. The average Bonchev–Trinajstić information content (AvgIpc) is 3.04. The van der Waals surface area contributed by atoms with Crippen molar-refractivity contribution in [2.75, 3.05) is 13.2 Å². The highest BCUT2D eigenvalue weighted by Crippen LogP contribution is 2.15. The van der Waals surface area contributed by atoms with E-state index in [1.165, 1.54) is 23.5 Å². The number of carbonyl (C=O) groups is 1. The van der Waals surface area contributed by atoms with Gasteiger partial charge in [-0.05, 0) is 40.9 Å². The van der Waals surface area contributed by atoms with Crippen molar-refractivity contribution >= 4 is 17.2 Å². The second-order valence-corrected chi connectivity index (χ2v) is 5.57. The van der Waals surface area contributed by atoms with Crippen molar-refractivity contribution in [2.45, 2.75) is 18.9 Å². The Kier molecular flexibility index (Phi) is 6.36. The van der Waals surface area contributed by atoms with Gasteiger partial charge in [-0.15, -0.1) is 0 Å². The van der Waals surface area contributed by atoms with Crippen LogP contribution in [0, 0.1) is 5.82 Å². The molecule has 0 saturated heterocycles. The van der Waals surface area contributed by atoms with E-state index in [4.69, 9.17) is 4.74 Å². The second-order valence-electron chi connectivity index (χ2n) is 4.79. The third-order valence-electron chi connectivity index (χ3n) is 3.03. The van der Waals surface area contributed by atoms with Gasteiger partial charge in [-0.2, -0.15) is 11.3 Å². The first-order valence-electron chi connectivity index (χ1n) is 7.00. The van der Waals surface area contributed by atoms with Crippen molar-refractivity contribution in [1.29, 1.82) is 0 Å². The molecule has 0 radical (unpaired) electrons. The number of halogens is 1. The molecule has 1 aromatic carbocycles. The molecule has 0 bridgehead atoms. The number of thiophene rings is 1. The monoisotopic (exact) mass is 323 g/mol. The molecule has 22 heavy (non-hydrogen) atoms. The van der Waals surface area contributed by atoms with Crippen LogP contribution in [0.25, 0.3) is 0 Å². The number of aliphatic hydroxyl groups excluding tert-OH is 1.